The molecule has 6 heteroatoms. The minimum absolute atomic E-state index is 0.0872. The summed E-state index contributed by atoms with van der Waals surface area (Å²) in [4.78, 5) is 38.2. The summed E-state index contributed by atoms with van der Waals surface area (Å²) in [5, 5.41) is 0. The van der Waals surface area contributed by atoms with Crippen LogP contribution in [-0.4, -0.2) is 37.2 Å². The second-order valence-corrected chi connectivity index (χ2v) is 21.6. The molecule has 0 aliphatic rings. The van der Waals surface area contributed by atoms with Crippen molar-refractivity contribution in [3.05, 3.63) is 85.1 Å². The van der Waals surface area contributed by atoms with E-state index in [0.29, 0.717) is 19.3 Å². The zero-order valence-electron chi connectivity index (χ0n) is 50.3. The van der Waals surface area contributed by atoms with Gasteiger partial charge in [-0.15, -0.1) is 0 Å². The predicted octanol–water partition coefficient (Wildman–Crippen LogP) is 22.3. The summed E-state index contributed by atoms with van der Waals surface area (Å²) in [6.45, 7) is 6.49. The standard InChI is InChI=1S/C70H122O6/c1-4-7-10-13-16-19-22-25-27-29-30-31-32-33-34-35-36-37-38-39-40-42-43-45-48-51-54-57-60-63-69(72)75-66-67(65-74-68(71)62-59-56-53-50-47-24-21-18-15-12-9-6-3)76-70(73)64-61-58-55-52-49-46-44-41-28-26-23-20-17-14-11-8-5-2/h8,11,17-18,20-22,25-26,28-30,44,46,67H,4-7,9-10,12-16,19,23-24,27,31-43,45,47-66H2,1-3H3/b11-8-,20-17-,21-18-,25-22-,28-26-,30-29-,46-44-. The molecule has 0 heterocycles. The maximum Gasteiger partial charge on any atom is 0.306 e. The summed E-state index contributed by atoms with van der Waals surface area (Å²) in [7, 11) is 0. The van der Waals surface area contributed by atoms with Gasteiger partial charge in [0, 0.05) is 19.3 Å². The molecule has 6 nitrogen and oxygen atoms in total. The Hall–Kier alpha value is -3.41. The molecule has 0 aromatic rings. The van der Waals surface area contributed by atoms with Crippen molar-refractivity contribution in [1.29, 1.82) is 0 Å². The molecule has 0 rings (SSSR count). The van der Waals surface area contributed by atoms with Gasteiger partial charge in [0.25, 0.3) is 0 Å². The lowest BCUT2D eigenvalue weighted by molar-refractivity contribution is -0.167. The van der Waals surface area contributed by atoms with Crippen molar-refractivity contribution in [2.45, 2.75) is 329 Å². The van der Waals surface area contributed by atoms with Gasteiger partial charge in [0.1, 0.15) is 13.2 Å². The smallest absolute Gasteiger partial charge is 0.306 e. The number of esters is 3. The van der Waals surface area contributed by atoms with Crippen LogP contribution in [0.25, 0.3) is 0 Å². The molecule has 0 aliphatic carbocycles. The van der Waals surface area contributed by atoms with E-state index in [2.05, 4.69) is 106 Å². The SMILES string of the molecule is CC/C=C\C/C=C\C/C=C\C/C=C\CCCCCCC(=O)OC(COC(=O)CCCCCCC/C=C\CCCCC)COC(=O)CCCCCCCCCCCCCCCCCCC/C=C\C/C=C\CCCCCCC. The summed E-state index contributed by atoms with van der Waals surface area (Å²) in [5.74, 6) is -0.910. The van der Waals surface area contributed by atoms with Crippen LogP contribution >= 0.6 is 0 Å². The third-order valence-corrected chi connectivity index (χ3v) is 14.1. The van der Waals surface area contributed by atoms with Crippen LogP contribution in [0.4, 0.5) is 0 Å². The molecule has 76 heavy (non-hydrogen) atoms. The normalized spacial score (nSPS) is 12.6. The summed E-state index contributed by atoms with van der Waals surface area (Å²) in [6, 6.07) is 0. The Morgan fingerprint density at radius 3 is 0.842 bits per heavy atom. The number of carbonyl (C=O) groups is 3. The van der Waals surface area contributed by atoms with Gasteiger partial charge in [-0.2, -0.15) is 0 Å². The zero-order chi connectivity index (χ0) is 55.0. The topological polar surface area (TPSA) is 78.9 Å². The molecule has 0 radical (unpaired) electrons. The van der Waals surface area contributed by atoms with Gasteiger partial charge in [0.05, 0.1) is 0 Å². The molecule has 0 fully saturated rings. The third kappa shape index (κ3) is 61.4. The van der Waals surface area contributed by atoms with Crippen molar-refractivity contribution in [3.8, 4) is 0 Å². The average molecular weight is 1060 g/mol. The molecular formula is C70H122O6. The highest BCUT2D eigenvalue weighted by Crippen LogP contribution is 2.17. The molecular weight excluding hydrogens is 937 g/mol. The van der Waals surface area contributed by atoms with Crippen LogP contribution < -0.4 is 0 Å². The number of hydrogen-bond donors (Lipinski definition) is 0. The second kappa shape index (κ2) is 64.1. The van der Waals surface area contributed by atoms with Gasteiger partial charge in [-0.3, -0.25) is 14.4 Å². The number of carbonyl (C=O) groups excluding carboxylic acids is 3. The Kier molecular flexibility index (Phi) is 61.2. The minimum Gasteiger partial charge on any atom is -0.462 e. The number of hydrogen-bond acceptors (Lipinski definition) is 6. The Morgan fingerprint density at radius 1 is 0.276 bits per heavy atom. The van der Waals surface area contributed by atoms with Crippen LogP contribution in [0.2, 0.25) is 0 Å². The van der Waals surface area contributed by atoms with Gasteiger partial charge in [-0.1, -0.05) is 273 Å². The molecule has 438 valence electrons. The molecule has 1 unspecified atom stereocenters. The summed E-state index contributed by atoms with van der Waals surface area (Å²) < 4.78 is 16.9. The molecule has 0 aromatic heterocycles. The van der Waals surface area contributed by atoms with Crippen LogP contribution in [0.15, 0.2) is 85.1 Å². The highest BCUT2D eigenvalue weighted by Gasteiger charge is 2.19. The number of unbranched alkanes of at least 4 members (excludes halogenated alkanes) is 34. The third-order valence-electron chi connectivity index (χ3n) is 14.1. The number of allylic oxidation sites excluding steroid dienone is 14. The predicted molar refractivity (Wildman–Crippen MR) is 330 cm³/mol. The van der Waals surface area contributed by atoms with Gasteiger partial charge in [0.15, 0.2) is 6.10 Å². The van der Waals surface area contributed by atoms with E-state index in [9.17, 15) is 14.4 Å². The maximum atomic E-state index is 12.9. The summed E-state index contributed by atoms with van der Waals surface area (Å²) >= 11 is 0. The Morgan fingerprint density at radius 2 is 0.513 bits per heavy atom. The highest BCUT2D eigenvalue weighted by atomic mass is 16.6. The molecule has 0 aliphatic heterocycles. The molecule has 1 atom stereocenters. The van der Waals surface area contributed by atoms with Crippen LogP contribution in [0.5, 0.6) is 0 Å². The van der Waals surface area contributed by atoms with E-state index in [-0.39, 0.29) is 31.1 Å². The van der Waals surface area contributed by atoms with E-state index in [1.54, 1.807) is 0 Å². The van der Waals surface area contributed by atoms with E-state index < -0.39 is 6.10 Å². The first-order chi connectivity index (χ1) is 37.5. The Bertz CT molecular complexity index is 1450. The van der Waals surface area contributed by atoms with Gasteiger partial charge in [-0.25, -0.2) is 0 Å². The van der Waals surface area contributed by atoms with Gasteiger partial charge in [-0.05, 0) is 116 Å². The molecule has 0 saturated carbocycles. The average Bonchev–Trinajstić information content (AvgIpc) is 3.42. The first-order valence-corrected chi connectivity index (χ1v) is 32.6. The lowest BCUT2D eigenvalue weighted by atomic mass is 10.0. The Labute approximate surface area is 471 Å². The van der Waals surface area contributed by atoms with Gasteiger partial charge < -0.3 is 14.2 Å². The van der Waals surface area contributed by atoms with E-state index in [4.69, 9.17) is 14.2 Å². The molecule has 0 aromatic carbocycles. The maximum absolute atomic E-state index is 12.9. The van der Waals surface area contributed by atoms with E-state index >= 15 is 0 Å². The van der Waals surface area contributed by atoms with Crippen molar-refractivity contribution in [1.82, 2.24) is 0 Å². The van der Waals surface area contributed by atoms with Crippen molar-refractivity contribution in [3.63, 3.8) is 0 Å². The fraction of sp³-hybridized carbons (Fsp3) is 0.757. The quantitative estimate of drug-likeness (QED) is 0.0261. The van der Waals surface area contributed by atoms with E-state index in [1.165, 1.54) is 173 Å². The fourth-order valence-corrected chi connectivity index (χ4v) is 9.23. The van der Waals surface area contributed by atoms with Gasteiger partial charge >= 0.3 is 17.9 Å². The van der Waals surface area contributed by atoms with Crippen LogP contribution in [-0.2, 0) is 28.6 Å². The first-order valence-electron chi connectivity index (χ1n) is 32.6. The second-order valence-electron chi connectivity index (χ2n) is 21.6. The summed E-state index contributed by atoms with van der Waals surface area (Å²) in [5.41, 5.74) is 0. The molecule has 0 amide bonds. The molecule has 0 N–H and O–H groups in total. The number of ether oxygens (including phenoxy) is 3. The molecule has 0 bridgehead atoms. The minimum atomic E-state index is -0.793. The lowest BCUT2D eigenvalue weighted by Crippen LogP contribution is -2.30. The van der Waals surface area contributed by atoms with Crippen LogP contribution in [0, 0.1) is 0 Å². The largest absolute Gasteiger partial charge is 0.462 e. The van der Waals surface area contributed by atoms with Crippen molar-refractivity contribution in [2.75, 3.05) is 13.2 Å². The van der Waals surface area contributed by atoms with E-state index in [1.807, 2.05) is 0 Å². The Balaban J connectivity index is 4.22. The van der Waals surface area contributed by atoms with Crippen molar-refractivity contribution < 1.29 is 28.6 Å². The van der Waals surface area contributed by atoms with Crippen LogP contribution in [0.3, 0.4) is 0 Å². The van der Waals surface area contributed by atoms with E-state index in [0.717, 1.165) is 109 Å². The molecule has 0 spiro atoms. The van der Waals surface area contributed by atoms with Crippen LogP contribution in [0.1, 0.15) is 323 Å². The lowest BCUT2D eigenvalue weighted by Gasteiger charge is -2.18. The first kappa shape index (κ1) is 72.6. The summed E-state index contributed by atoms with van der Waals surface area (Å²) in [6.07, 6.45) is 84.6. The molecule has 0 saturated heterocycles. The number of rotatable bonds is 59. The monoisotopic (exact) mass is 1060 g/mol. The van der Waals surface area contributed by atoms with Crippen molar-refractivity contribution in [2.24, 2.45) is 0 Å². The van der Waals surface area contributed by atoms with Gasteiger partial charge in [0.2, 0.25) is 0 Å². The zero-order valence-corrected chi connectivity index (χ0v) is 50.3. The highest BCUT2D eigenvalue weighted by molar-refractivity contribution is 5.71. The van der Waals surface area contributed by atoms with Crippen molar-refractivity contribution >= 4 is 17.9 Å². The fourth-order valence-electron chi connectivity index (χ4n) is 9.23.